The molecule has 15 heavy (non-hydrogen) atoms. The first kappa shape index (κ1) is 10.3. The first-order valence-corrected chi connectivity index (χ1v) is 5.21. The Labute approximate surface area is 93.3 Å². The summed E-state index contributed by atoms with van der Waals surface area (Å²) in [5.41, 5.74) is 1.79. The Balaban J connectivity index is 2.51. The second kappa shape index (κ2) is 3.74. The van der Waals surface area contributed by atoms with Crippen LogP contribution in [0.1, 0.15) is 17.9 Å². The molecule has 80 valence electrons. The molecule has 0 saturated carbocycles. The van der Waals surface area contributed by atoms with Crippen LogP contribution in [-0.4, -0.2) is 24.7 Å². The Bertz CT molecular complexity index is 406. The van der Waals surface area contributed by atoms with Gasteiger partial charge >= 0.3 is 5.97 Å². The molecule has 1 unspecified atom stereocenters. The van der Waals surface area contributed by atoms with Crippen LogP contribution in [0.2, 0.25) is 5.02 Å². The highest BCUT2D eigenvalue weighted by Gasteiger charge is 2.28. The van der Waals surface area contributed by atoms with Gasteiger partial charge in [0.15, 0.2) is 0 Å². The summed E-state index contributed by atoms with van der Waals surface area (Å²) < 4.78 is 0. The minimum atomic E-state index is -0.772. The molecule has 1 heterocycles. The van der Waals surface area contributed by atoms with Crippen LogP contribution in [0, 0.1) is 0 Å². The lowest BCUT2D eigenvalue weighted by Gasteiger charge is -2.31. The Kier molecular flexibility index (Phi) is 2.57. The highest BCUT2D eigenvalue weighted by Crippen LogP contribution is 2.36. The fourth-order valence-electron chi connectivity index (χ4n) is 2.01. The fraction of sp³-hybridized carbons (Fsp3) is 0.364. The number of hydrogen-bond acceptors (Lipinski definition) is 2. The van der Waals surface area contributed by atoms with E-state index < -0.39 is 11.9 Å². The van der Waals surface area contributed by atoms with Crippen LogP contribution in [0.4, 0.5) is 5.69 Å². The molecular formula is C11H12ClNO2. The lowest BCUT2D eigenvalue weighted by atomic mass is 9.90. The van der Waals surface area contributed by atoms with Gasteiger partial charge in [-0.25, -0.2) is 0 Å². The van der Waals surface area contributed by atoms with Crippen molar-refractivity contribution < 1.29 is 9.90 Å². The zero-order chi connectivity index (χ0) is 11.0. The number of carboxylic acids is 1. The van der Waals surface area contributed by atoms with Crippen LogP contribution in [0.3, 0.4) is 0 Å². The number of aliphatic carboxylic acids is 1. The fourth-order valence-corrected chi connectivity index (χ4v) is 2.19. The molecule has 0 fully saturated rings. The van der Waals surface area contributed by atoms with Gasteiger partial charge in [-0.15, -0.1) is 0 Å². The van der Waals surface area contributed by atoms with E-state index in [1.165, 1.54) is 0 Å². The quantitative estimate of drug-likeness (QED) is 0.798. The van der Waals surface area contributed by atoms with Gasteiger partial charge in [0.05, 0.1) is 5.92 Å². The number of carboxylic acid groups (broad SMARTS) is 1. The third-order valence-electron chi connectivity index (χ3n) is 2.83. The van der Waals surface area contributed by atoms with Crippen LogP contribution in [0.25, 0.3) is 0 Å². The molecule has 1 aliphatic heterocycles. The summed E-state index contributed by atoms with van der Waals surface area (Å²) in [5, 5.41) is 9.69. The average molecular weight is 226 g/mol. The van der Waals surface area contributed by atoms with Crippen molar-refractivity contribution in [1.82, 2.24) is 0 Å². The summed E-state index contributed by atoms with van der Waals surface area (Å²) in [5.74, 6) is -1.19. The summed E-state index contributed by atoms with van der Waals surface area (Å²) in [6, 6.07) is 5.43. The summed E-state index contributed by atoms with van der Waals surface area (Å²) in [4.78, 5) is 13.1. The molecule has 0 radical (unpaired) electrons. The van der Waals surface area contributed by atoms with E-state index in [2.05, 4.69) is 4.90 Å². The van der Waals surface area contributed by atoms with Crippen molar-refractivity contribution in [2.75, 3.05) is 18.5 Å². The molecule has 2 rings (SSSR count). The molecule has 0 saturated heterocycles. The monoisotopic (exact) mass is 225 g/mol. The molecule has 0 aliphatic carbocycles. The summed E-state index contributed by atoms with van der Waals surface area (Å²) in [6.45, 7) is 0.769. The molecule has 4 heteroatoms. The zero-order valence-corrected chi connectivity index (χ0v) is 9.16. The minimum Gasteiger partial charge on any atom is -0.481 e. The highest BCUT2D eigenvalue weighted by molar-refractivity contribution is 6.30. The molecule has 1 N–H and O–H groups in total. The molecule has 0 bridgehead atoms. The van der Waals surface area contributed by atoms with E-state index in [-0.39, 0.29) is 0 Å². The molecule has 0 amide bonds. The van der Waals surface area contributed by atoms with Gasteiger partial charge in [0.1, 0.15) is 0 Å². The summed E-state index contributed by atoms with van der Waals surface area (Å²) in [7, 11) is 1.96. The van der Waals surface area contributed by atoms with Gasteiger partial charge in [0, 0.05) is 24.3 Å². The summed E-state index contributed by atoms with van der Waals surface area (Å²) >= 11 is 5.88. The number of rotatable bonds is 1. The van der Waals surface area contributed by atoms with Crippen LogP contribution in [0.15, 0.2) is 18.2 Å². The second-order valence-corrected chi connectivity index (χ2v) is 4.24. The van der Waals surface area contributed by atoms with Gasteiger partial charge in [-0.2, -0.15) is 0 Å². The molecule has 1 aromatic rings. The maximum Gasteiger partial charge on any atom is 0.311 e. The lowest BCUT2D eigenvalue weighted by Crippen LogP contribution is -2.30. The molecule has 1 aliphatic rings. The first-order chi connectivity index (χ1) is 7.09. The van der Waals surface area contributed by atoms with E-state index in [0.717, 1.165) is 17.8 Å². The Morgan fingerprint density at radius 1 is 1.60 bits per heavy atom. The second-order valence-electron chi connectivity index (χ2n) is 3.80. The van der Waals surface area contributed by atoms with Crippen molar-refractivity contribution in [1.29, 1.82) is 0 Å². The van der Waals surface area contributed by atoms with E-state index >= 15 is 0 Å². The van der Waals surface area contributed by atoms with E-state index in [1.54, 1.807) is 12.1 Å². The topological polar surface area (TPSA) is 40.5 Å². The van der Waals surface area contributed by atoms with Gasteiger partial charge in [-0.3, -0.25) is 4.79 Å². The van der Waals surface area contributed by atoms with Crippen molar-refractivity contribution >= 4 is 23.3 Å². The first-order valence-electron chi connectivity index (χ1n) is 4.83. The van der Waals surface area contributed by atoms with E-state index in [9.17, 15) is 4.79 Å². The smallest absolute Gasteiger partial charge is 0.311 e. The summed E-state index contributed by atoms with van der Waals surface area (Å²) in [6.07, 6.45) is 0.638. The van der Waals surface area contributed by atoms with Gasteiger partial charge < -0.3 is 10.0 Å². The maximum absolute atomic E-state index is 11.1. The Morgan fingerprint density at radius 3 is 3.00 bits per heavy atom. The van der Waals surface area contributed by atoms with Crippen LogP contribution < -0.4 is 4.90 Å². The van der Waals surface area contributed by atoms with Crippen molar-refractivity contribution in [3.8, 4) is 0 Å². The van der Waals surface area contributed by atoms with Crippen molar-refractivity contribution in [2.24, 2.45) is 0 Å². The van der Waals surface area contributed by atoms with Crippen molar-refractivity contribution in [2.45, 2.75) is 12.3 Å². The normalized spacial score (nSPS) is 19.9. The molecular weight excluding hydrogens is 214 g/mol. The number of carbonyl (C=O) groups is 1. The van der Waals surface area contributed by atoms with E-state index in [0.29, 0.717) is 11.4 Å². The van der Waals surface area contributed by atoms with Gasteiger partial charge in [-0.05, 0) is 30.2 Å². The molecule has 1 atom stereocenters. The van der Waals surface area contributed by atoms with Crippen LogP contribution in [-0.2, 0) is 4.79 Å². The number of halogens is 1. The Hall–Kier alpha value is -1.22. The molecule has 1 aromatic carbocycles. The maximum atomic E-state index is 11.1. The van der Waals surface area contributed by atoms with Gasteiger partial charge in [0.25, 0.3) is 0 Å². The molecule has 0 spiro atoms. The lowest BCUT2D eigenvalue weighted by molar-refractivity contribution is -0.139. The van der Waals surface area contributed by atoms with E-state index in [4.69, 9.17) is 16.7 Å². The molecule has 0 aromatic heterocycles. The largest absolute Gasteiger partial charge is 0.481 e. The number of nitrogens with zero attached hydrogens (tertiary/aromatic N) is 1. The highest BCUT2D eigenvalue weighted by atomic mass is 35.5. The third kappa shape index (κ3) is 1.79. The van der Waals surface area contributed by atoms with Gasteiger partial charge in [-0.1, -0.05) is 11.6 Å². The number of benzene rings is 1. The standard InChI is InChI=1S/C11H12ClNO2/c1-13-5-4-8(11(14)15)9-6-7(12)2-3-10(9)13/h2-3,6,8H,4-5H2,1H3,(H,14,15). The van der Waals surface area contributed by atoms with Crippen molar-refractivity contribution in [3.05, 3.63) is 28.8 Å². The Morgan fingerprint density at radius 2 is 2.33 bits per heavy atom. The number of fused-ring (bicyclic) bond motifs is 1. The minimum absolute atomic E-state index is 0.421. The SMILES string of the molecule is CN1CCC(C(=O)O)c2cc(Cl)ccc21. The van der Waals surface area contributed by atoms with Gasteiger partial charge in [0.2, 0.25) is 0 Å². The zero-order valence-electron chi connectivity index (χ0n) is 8.40. The molecule has 3 nitrogen and oxygen atoms in total. The number of anilines is 1. The number of hydrogen-bond donors (Lipinski definition) is 1. The van der Waals surface area contributed by atoms with E-state index in [1.807, 2.05) is 13.1 Å². The predicted octanol–water partition coefficient (Wildman–Crippen LogP) is 2.35. The van der Waals surface area contributed by atoms with Crippen LogP contribution in [0.5, 0.6) is 0 Å². The van der Waals surface area contributed by atoms with Crippen LogP contribution >= 0.6 is 11.6 Å². The van der Waals surface area contributed by atoms with Crippen molar-refractivity contribution in [3.63, 3.8) is 0 Å². The average Bonchev–Trinajstić information content (AvgIpc) is 2.17. The predicted molar refractivity (Wildman–Crippen MR) is 59.7 cm³/mol. The third-order valence-corrected chi connectivity index (χ3v) is 3.06.